The molecule has 1 aliphatic heterocycles. The van der Waals surface area contributed by atoms with Gasteiger partial charge in [-0.05, 0) is 32.2 Å². The molecule has 1 amide bonds. The maximum absolute atomic E-state index is 10.8. The first-order valence-corrected chi connectivity index (χ1v) is 5.71. The second-order valence-electron chi connectivity index (χ2n) is 4.75. The smallest absolute Gasteiger partial charge is 0.209 e. The molecule has 80 valence electrons. The highest BCUT2D eigenvalue weighted by Gasteiger charge is 2.46. The number of hydrogen-bond acceptors (Lipinski definition) is 2. The second kappa shape index (κ2) is 3.89. The van der Waals surface area contributed by atoms with E-state index in [0.29, 0.717) is 5.41 Å². The van der Waals surface area contributed by atoms with Crippen molar-refractivity contribution in [1.29, 1.82) is 0 Å². The SMILES string of the molecule is CCN(C=O)C[C@]12CCC[C@H]1CNC2. The van der Waals surface area contributed by atoms with Gasteiger partial charge in [0.25, 0.3) is 0 Å². The summed E-state index contributed by atoms with van der Waals surface area (Å²) in [4.78, 5) is 12.7. The van der Waals surface area contributed by atoms with Crippen LogP contribution < -0.4 is 5.32 Å². The fourth-order valence-corrected chi connectivity index (χ4v) is 3.15. The first kappa shape index (κ1) is 9.97. The molecule has 3 heteroatoms. The van der Waals surface area contributed by atoms with Crippen LogP contribution in [0, 0.1) is 11.3 Å². The summed E-state index contributed by atoms with van der Waals surface area (Å²) in [5, 5.41) is 3.48. The molecule has 1 saturated carbocycles. The van der Waals surface area contributed by atoms with E-state index in [1.807, 2.05) is 4.90 Å². The first-order chi connectivity index (χ1) is 6.80. The van der Waals surface area contributed by atoms with Crippen LogP contribution in [0.25, 0.3) is 0 Å². The first-order valence-electron chi connectivity index (χ1n) is 5.71. The molecule has 2 fully saturated rings. The highest BCUT2D eigenvalue weighted by Crippen LogP contribution is 2.45. The van der Waals surface area contributed by atoms with Crippen LogP contribution in [0.4, 0.5) is 0 Å². The molecule has 0 radical (unpaired) electrons. The number of nitrogens with zero attached hydrogens (tertiary/aromatic N) is 1. The van der Waals surface area contributed by atoms with Gasteiger partial charge in [0.15, 0.2) is 0 Å². The van der Waals surface area contributed by atoms with Crippen LogP contribution in [0.15, 0.2) is 0 Å². The lowest BCUT2D eigenvalue weighted by molar-refractivity contribution is -0.119. The predicted octanol–water partition coefficient (Wildman–Crippen LogP) is 0.854. The minimum absolute atomic E-state index is 0.414. The average Bonchev–Trinajstić information content (AvgIpc) is 2.72. The van der Waals surface area contributed by atoms with Crippen LogP contribution in [-0.4, -0.2) is 37.5 Å². The van der Waals surface area contributed by atoms with Crippen molar-refractivity contribution in [3.05, 3.63) is 0 Å². The Morgan fingerprint density at radius 2 is 2.50 bits per heavy atom. The Labute approximate surface area is 85.8 Å². The molecule has 2 rings (SSSR count). The van der Waals surface area contributed by atoms with Crippen LogP contribution in [0.2, 0.25) is 0 Å². The molecule has 2 aliphatic rings. The Hall–Kier alpha value is -0.570. The van der Waals surface area contributed by atoms with E-state index in [2.05, 4.69) is 12.2 Å². The van der Waals surface area contributed by atoms with E-state index in [1.54, 1.807) is 0 Å². The molecule has 2 atom stereocenters. The fourth-order valence-electron chi connectivity index (χ4n) is 3.15. The summed E-state index contributed by atoms with van der Waals surface area (Å²) in [7, 11) is 0. The number of rotatable bonds is 4. The van der Waals surface area contributed by atoms with Gasteiger partial charge >= 0.3 is 0 Å². The third-order valence-corrected chi connectivity index (χ3v) is 4.03. The lowest BCUT2D eigenvalue weighted by Crippen LogP contribution is -2.40. The average molecular weight is 196 g/mol. The van der Waals surface area contributed by atoms with Gasteiger partial charge in [0.2, 0.25) is 6.41 Å². The molecule has 0 unspecified atom stereocenters. The Balaban J connectivity index is 2.03. The van der Waals surface area contributed by atoms with Gasteiger partial charge < -0.3 is 10.2 Å². The summed E-state index contributed by atoms with van der Waals surface area (Å²) in [6, 6.07) is 0. The summed E-state index contributed by atoms with van der Waals surface area (Å²) in [5.41, 5.74) is 0.414. The van der Waals surface area contributed by atoms with E-state index in [9.17, 15) is 4.79 Å². The molecule has 0 bridgehead atoms. The number of carbonyl (C=O) groups excluding carboxylic acids is 1. The van der Waals surface area contributed by atoms with E-state index in [0.717, 1.165) is 38.5 Å². The van der Waals surface area contributed by atoms with Gasteiger partial charge in [-0.15, -0.1) is 0 Å². The van der Waals surface area contributed by atoms with Crippen molar-refractivity contribution < 1.29 is 4.79 Å². The summed E-state index contributed by atoms with van der Waals surface area (Å²) in [6.45, 7) is 6.14. The molecule has 0 aromatic rings. The molecule has 14 heavy (non-hydrogen) atoms. The fraction of sp³-hybridized carbons (Fsp3) is 0.909. The molecule has 0 aromatic heterocycles. The minimum atomic E-state index is 0.414. The van der Waals surface area contributed by atoms with Crippen LogP contribution in [0.1, 0.15) is 26.2 Å². The van der Waals surface area contributed by atoms with E-state index in [-0.39, 0.29) is 0 Å². The van der Waals surface area contributed by atoms with Crippen molar-refractivity contribution in [1.82, 2.24) is 10.2 Å². The van der Waals surface area contributed by atoms with Crippen molar-refractivity contribution in [2.75, 3.05) is 26.2 Å². The lowest BCUT2D eigenvalue weighted by atomic mass is 9.80. The number of nitrogens with one attached hydrogen (secondary N) is 1. The number of hydrogen-bond donors (Lipinski definition) is 1. The number of fused-ring (bicyclic) bond motifs is 1. The van der Waals surface area contributed by atoms with Crippen LogP contribution in [0.5, 0.6) is 0 Å². The van der Waals surface area contributed by atoms with Gasteiger partial charge in [-0.2, -0.15) is 0 Å². The number of amides is 1. The highest BCUT2D eigenvalue weighted by atomic mass is 16.1. The van der Waals surface area contributed by atoms with Crippen molar-refractivity contribution in [2.24, 2.45) is 11.3 Å². The zero-order valence-corrected chi connectivity index (χ0v) is 8.96. The molecule has 1 aliphatic carbocycles. The van der Waals surface area contributed by atoms with Crippen molar-refractivity contribution in [2.45, 2.75) is 26.2 Å². The van der Waals surface area contributed by atoms with Gasteiger partial charge in [-0.25, -0.2) is 0 Å². The quantitative estimate of drug-likeness (QED) is 0.676. The molecule has 1 N–H and O–H groups in total. The van der Waals surface area contributed by atoms with E-state index in [1.165, 1.54) is 19.3 Å². The monoisotopic (exact) mass is 196 g/mol. The maximum Gasteiger partial charge on any atom is 0.209 e. The number of carbonyl (C=O) groups is 1. The standard InChI is InChI=1S/C11H20N2O/c1-2-13(9-14)8-11-5-3-4-10(11)6-12-7-11/h9-10,12H,2-8H2,1H3/t10-,11+/m0/s1. The summed E-state index contributed by atoms with van der Waals surface area (Å²) >= 11 is 0. The molecule has 3 nitrogen and oxygen atoms in total. The molecular formula is C11H20N2O. The normalized spacial score (nSPS) is 35.6. The third kappa shape index (κ3) is 1.54. The highest BCUT2D eigenvalue weighted by molar-refractivity contribution is 5.47. The van der Waals surface area contributed by atoms with E-state index >= 15 is 0 Å². The summed E-state index contributed by atoms with van der Waals surface area (Å²) < 4.78 is 0. The van der Waals surface area contributed by atoms with Gasteiger partial charge in [-0.3, -0.25) is 4.79 Å². The van der Waals surface area contributed by atoms with E-state index in [4.69, 9.17) is 0 Å². The maximum atomic E-state index is 10.8. The Kier molecular flexibility index (Phi) is 2.77. The Morgan fingerprint density at radius 1 is 1.64 bits per heavy atom. The molecule has 1 heterocycles. The van der Waals surface area contributed by atoms with Crippen molar-refractivity contribution in [3.8, 4) is 0 Å². The third-order valence-electron chi connectivity index (χ3n) is 4.03. The molecular weight excluding hydrogens is 176 g/mol. The van der Waals surface area contributed by atoms with Gasteiger partial charge in [0, 0.05) is 25.0 Å². The topological polar surface area (TPSA) is 32.3 Å². The van der Waals surface area contributed by atoms with E-state index < -0.39 is 0 Å². The Bertz CT molecular complexity index is 207. The van der Waals surface area contributed by atoms with Crippen LogP contribution in [-0.2, 0) is 4.79 Å². The van der Waals surface area contributed by atoms with Gasteiger partial charge in [0.05, 0.1) is 0 Å². The zero-order chi connectivity index (χ0) is 10.0. The van der Waals surface area contributed by atoms with Crippen LogP contribution >= 0.6 is 0 Å². The van der Waals surface area contributed by atoms with Crippen molar-refractivity contribution in [3.63, 3.8) is 0 Å². The van der Waals surface area contributed by atoms with Crippen LogP contribution in [0.3, 0.4) is 0 Å². The van der Waals surface area contributed by atoms with Crippen molar-refractivity contribution >= 4 is 6.41 Å². The molecule has 1 saturated heterocycles. The predicted molar refractivity (Wildman–Crippen MR) is 56.0 cm³/mol. The minimum Gasteiger partial charge on any atom is -0.345 e. The second-order valence-corrected chi connectivity index (χ2v) is 4.75. The molecule has 0 spiro atoms. The zero-order valence-electron chi connectivity index (χ0n) is 8.96. The Morgan fingerprint density at radius 3 is 3.21 bits per heavy atom. The largest absolute Gasteiger partial charge is 0.345 e. The molecule has 0 aromatic carbocycles. The lowest BCUT2D eigenvalue weighted by Gasteiger charge is -2.32. The van der Waals surface area contributed by atoms with Gasteiger partial charge in [-0.1, -0.05) is 6.42 Å². The van der Waals surface area contributed by atoms with Gasteiger partial charge in [0.1, 0.15) is 0 Å². The summed E-state index contributed by atoms with van der Waals surface area (Å²) in [5.74, 6) is 0.816. The summed E-state index contributed by atoms with van der Waals surface area (Å²) in [6.07, 6.45) is 5.00.